The van der Waals surface area contributed by atoms with Gasteiger partial charge in [0.1, 0.15) is 12.1 Å². The van der Waals surface area contributed by atoms with Crippen LogP contribution >= 0.6 is 0 Å². The van der Waals surface area contributed by atoms with Crippen molar-refractivity contribution in [1.29, 1.82) is 0 Å². The monoisotopic (exact) mass is 365 g/mol. The minimum atomic E-state index is -0.633. The number of carbonyl (C=O) groups is 1. The summed E-state index contributed by atoms with van der Waals surface area (Å²) >= 11 is 0. The zero-order valence-corrected chi connectivity index (χ0v) is 15.9. The summed E-state index contributed by atoms with van der Waals surface area (Å²) in [5.41, 5.74) is 2.85. The zero-order valence-electron chi connectivity index (χ0n) is 15.9. The van der Waals surface area contributed by atoms with Crippen LogP contribution in [-0.4, -0.2) is 32.2 Å². The minimum absolute atomic E-state index is 0.0768. The standard InChI is InChI=1S/C20H23N5O2/c1-14(19(26)22-16-7-5-15(6-8-16)20(2,3)4)27-18-11-9-17(10-12-18)25-13-21-23-24-25/h5-14H,1-4H3,(H,22,26). The van der Waals surface area contributed by atoms with Crippen molar-refractivity contribution >= 4 is 11.6 Å². The number of tetrazole rings is 1. The molecule has 27 heavy (non-hydrogen) atoms. The van der Waals surface area contributed by atoms with E-state index in [-0.39, 0.29) is 11.3 Å². The normalized spacial score (nSPS) is 12.4. The van der Waals surface area contributed by atoms with E-state index in [4.69, 9.17) is 4.74 Å². The van der Waals surface area contributed by atoms with Gasteiger partial charge in [0.2, 0.25) is 0 Å². The number of benzene rings is 2. The molecular weight excluding hydrogens is 342 g/mol. The van der Waals surface area contributed by atoms with Crippen molar-refractivity contribution in [3.8, 4) is 11.4 Å². The quantitative estimate of drug-likeness (QED) is 0.750. The maximum absolute atomic E-state index is 12.4. The lowest BCUT2D eigenvalue weighted by molar-refractivity contribution is -0.122. The molecule has 1 heterocycles. The van der Waals surface area contributed by atoms with Crippen molar-refractivity contribution in [2.75, 3.05) is 5.32 Å². The molecule has 0 aliphatic rings. The van der Waals surface area contributed by atoms with Crippen molar-refractivity contribution in [3.05, 3.63) is 60.4 Å². The molecular formula is C20H23N5O2. The van der Waals surface area contributed by atoms with Crippen LogP contribution in [0.4, 0.5) is 5.69 Å². The summed E-state index contributed by atoms with van der Waals surface area (Å²) in [6, 6.07) is 15.1. The molecule has 0 aliphatic carbocycles. The van der Waals surface area contributed by atoms with Crippen LogP contribution in [-0.2, 0) is 10.2 Å². The number of nitrogens with one attached hydrogen (secondary N) is 1. The van der Waals surface area contributed by atoms with Gasteiger partial charge >= 0.3 is 0 Å². The van der Waals surface area contributed by atoms with Crippen molar-refractivity contribution in [2.24, 2.45) is 0 Å². The predicted molar refractivity (Wildman–Crippen MR) is 103 cm³/mol. The van der Waals surface area contributed by atoms with Gasteiger partial charge in [-0.3, -0.25) is 4.79 Å². The lowest BCUT2D eigenvalue weighted by Crippen LogP contribution is -2.30. The Labute approximate surface area is 158 Å². The molecule has 0 radical (unpaired) electrons. The number of nitrogens with zero attached hydrogens (tertiary/aromatic N) is 4. The van der Waals surface area contributed by atoms with Crippen LogP contribution in [0.3, 0.4) is 0 Å². The highest BCUT2D eigenvalue weighted by atomic mass is 16.5. The minimum Gasteiger partial charge on any atom is -0.481 e. The summed E-state index contributed by atoms with van der Waals surface area (Å²) in [4.78, 5) is 12.4. The molecule has 1 aromatic heterocycles. The van der Waals surface area contributed by atoms with Gasteiger partial charge in [-0.1, -0.05) is 32.9 Å². The number of carbonyl (C=O) groups excluding carboxylic acids is 1. The fraction of sp³-hybridized carbons (Fsp3) is 0.300. The summed E-state index contributed by atoms with van der Waals surface area (Å²) in [6.07, 6.45) is 0.878. The maximum Gasteiger partial charge on any atom is 0.265 e. The van der Waals surface area contributed by atoms with Crippen LogP contribution in [0.25, 0.3) is 5.69 Å². The number of aromatic nitrogens is 4. The van der Waals surface area contributed by atoms with Crippen LogP contribution < -0.4 is 10.1 Å². The SMILES string of the molecule is CC(Oc1ccc(-n2cnnn2)cc1)C(=O)Nc1ccc(C(C)(C)C)cc1. The third-order valence-electron chi connectivity index (χ3n) is 4.15. The Hall–Kier alpha value is -3.22. The van der Waals surface area contributed by atoms with E-state index in [1.165, 1.54) is 11.9 Å². The average molecular weight is 365 g/mol. The molecule has 1 amide bonds. The van der Waals surface area contributed by atoms with Gasteiger partial charge in [0.15, 0.2) is 6.10 Å². The third-order valence-corrected chi connectivity index (χ3v) is 4.15. The van der Waals surface area contributed by atoms with Crippen molar-refractivity contribution in [3.63, 3.8) is 0 Å². The second kappa shape index (κ2) is 7.57. The van der Waals surface area contributed by atoms with Gasteiger partial charge in [0.05, 0.1) is 5.69 Å². The van der Waals surface area contributed by atoms with Crippen LogP contribution in [0, 0.1) is 0 Å². The first kappa shape index (κ1) is 18.6. The number of hydrogen-bond acceptors (Lipinski definition) is 5. The number of rotatable bonds is 5. The Morgan fingerprint density at radius 1 is 1.07 bits per heavy atom. The largest absolute Gasteiger partial charge is 0.481 e. The molecule has 0 aliphatic heterocycles. The van der Waals surface area contributed by atoms with E-state index in [1.807, 2.05) is 36.4 Å². The molecule has 7 nitrogen and oxygen atoms in total. The van der Waals surface area contributed by atoms with Crippen LogP contribution in [0.5, 0.6) is 5.75 Å². The van der Waals surface area contributed by atoms with E-state index in [9.17, 15) is 4.79 Å². The lowest BCUT2D eigenvalue weighted by Gasteiger charge is -2.19. The van der Waals surface area contributed by atoms with Crippen molar-refractivity contribution in [2.45, 2.75) is 39.2 Å². The molecule has 7 heteroatoms. The summed E-state index contributed by atoms with van der Waals surface area (Å²) in [5.74, 6) is 0.389. The molecule has 3 aromatic rings. The second-order valence-corrected chi connectivity index (χ2v) is 7.32. The van der Waals surface area contributed by atoms with Crippen molar-refractivity contribution in [1.82, 2.24) is 20.2 Å². The van der Waals surface area contributed by atoms with Crippen LogP contribution in [0.1, 0.15) is 33.3 Å². The number of amides is 1. The lowest BCUT2D eigenvalue weighted by atomic mass is 9.87. The van der Waals surface area contributed by atoms with Gasteiger partial charge in [-0.05, 0) is 64.7 Å². The molecule has 0 bridgehead atoms. The fourth-order valence-corrected chi connectivity index (χ4v) is 2.51. The van der Waals surface area contributed by atoms with Crippen LogP contribution in [0.2, 0.25) is 0 Å². The topological polar surface area (TPSA) is 81.9 Å². The average Bonchev–Trinajstić information content (AvgIpc) is 3.16. The zero-order chi connectivity index (χ0) is 19.4. The van der Waals surface area contributed by atoms with E-state index in [0.717, 1.165) is 11.4 Å². The Morgan fingerprint density at radius 3 is 2.30 bits per heavy atom. The Bertz CT molecular complexity index is 882. The van der Waals surface area contributed by atoms with E-state index in [2.05, 4.69) is 41.6 Å². The van der Waals surface area contributed by atoms with Crippen LogP contribution in [0.15, 0.2) is 54.9 Å². The molecule has 140 valence electrons. The van der Waals surface area contributed by atoms with E-state index in [1.54, 1.807) is 23.7 Å². The first-order valence-electron chi connectivity index (χ1n) is 8.74. The number of anilines is 1. The molecule has 0 saturated heterocycles. The smallest absolute Gasteiger partial charge is 0.265 e. The third kappa shape index (κ3) is 4.69. The van der Waals surface area contributed by atoms with E-state index in [0.29, 0.717) is 5.75 Å². The number of hydrogen-bond donors (Lipinski definition) is 1. The van der Waals surface area contributed by atoms with Gasteiger partial charge in [0.25, 0.3) is 5.91 Å². The van der Waals surface area contributed by atoms with Gasteiger partial charge in [0, 0.05) is 5.69 Å². The second-order valence-electron chi connectivity index (χ2n) is 7.32. The van der Waals surface area contributed by atoms with Gasteiger partial charge in [-0.25, -0.2) is 4.68 Å². The Morgan fingerprint density at radius 2 is 1.74 bits per heavy atom. The molecule has 1 N–H and O–H groups in total. The molecule has 0 spiro atoms. The Balaban J connectivity index is 1.59. The highest BCUT2D eigenvalue weighted by Crippen LogP contribution is 2.23. The van der Waals surface area contributed by atoms with E-state index < -0.39 is 6.10 Å². The molecule has 3 rings (SSSR count). The molecule has 1 unspecified atom stereocenters. The van der Waals surface area contributed by atoms with Gasteiger partial charge in [-0.2, -0.15) is 0 Å². The fourth-order valence-electron chi connectivity index (χ4n) is 2.51. The molecule has 0 fully saturated rings. The molecule has 0 saturated carbocycles. The van der Waals surface area contributed by atoms with E-state index >= 15 is 0 Å². The first-order valence-corrected chi connectivity index (χ1v) is 8.74. The van der Waals surface area contributed by atoms with Crippen molar-refractivity contribution < 1.29 is 9.53 Å². The Kier molecular flexibility index (Phi) is 5.21. The molecule has 1 atom stereocenters. The highest BCUT2D eigenvalue weighted by molar-refractivity contribution is 5.94. The predicted octanol–water partition coefficient (Wildman–Crippen LogP) is 3.37. The maximum atomic E-state index is 12.4. The summed E-state index contributed by atoms with van der Waals surface area (Å²) in [7, 11) is 0. The highest BCUT2D eigenvalue weighted by Gasteiger charge is 2.16. The first-order chi connectivity index (χ1) is 12.8. The van der Waals surface area contributed by atoms with Gasteiger partial charge < -0.3 is 10.1 Å². The molecule has 2 aromatic carbocycles. The summed E-state index contributed by atoms with van der Waals surface area (Å²) in [5, 5.41) is 13.9. The number of ether oxygens (including phenoxy) is 1. The summed E-state index contributed by atoms with van der Waals surface area (Å²) < 4.78 is 7.27. The van der Waals surface area contributed by atoms with Gasteiger partial charge in [-0.15, -0.1) is 5.10 Å². The summed E-state index contributed by atoms with van der Waals surface area (Å²) in [6.45, 7) is 8.18.